The van der Waals surface area contributed by atoms with E-state index in [0.29, 0.717) is 0 Å². The molecule has 4 heteroatoms. The van der Waals surface area contributed by atoms with Gasteiger partial charge in [-0.05, 0) is 43.6 Å². The van der Waals surface area contributed by atoms with E-state index in [0.717, 1.165) is 36.8 Å². The number of rotatable bonds is 7. The summed E-state index contributed by atoms with van der Waals surface area (Å²) < 4.78 is 0. The summed E-state index contributed by atoms with van der Waals surface area (Å²) in [6, 6.07) is 0. The highest BCUT2D eigenvalue weighted by Crippen LogP contribution is 2.16. The van der Waals surface area contributed by atoms with Gasteiger partial charge in [-0.3, -0.25) is 4.99 Å². The Morgan fingerprint density at radius 3 is 2.57 bits per heavy atom. The summed E-state index contributed by atoms with van der Waals surface area (Å²) in [5.41, 5.74) is 0. The number of piperidine rings is 1. The van der Waals surface area contributed by atoms with Crippen molar-refractivity contribution in [2.45, 2.75) is 47.0 Å². The molecule has 1 heterocycles. The Morgan fingerprint density at radius 2 is 1.95 bits per heavy atom. The summed E-state index contributed by atoms with van der Waals surface area (Å²) in [6.45, 7) is 14.9. The number of nitrogens with one attached hydrogen (secondary N) is 2. The maximum absolute atomic E-state index is 4.32. The molecule has 2 N–H and O–H groups in total. The standard InChI is InChI=1S/C17H36N4/c1-14(2)8-9-19-17(18-5)20-11-16-7-6-10-21(13-16)12-15(3)4/h14-16H,6-13H2,1-5H3,(H2,18,19,20). The molecule has 1 fully saturated rings. The third-order valence-corrected chi connectivity index (χ3v) is 4.02. The van der Waals surface area contributed by atoms with Crippen molar-refractivity contribution in [1.82, 2.24) is 15.5 Å². The minimum Gasteiger partial charge on any atom is -0.356 e. The van der Waals surface area contributed by atoms with Crippen LogP contribution in [0.15, 0.2) is 4.99 Å². The lowest BCUT2D eigenvalue weighted by molar-refractivity contribution is 0.159. The van der Waals surface area contributed by atoms with Crippen molar-refractivity contribution in [2.75, 3.05) is 39.8 Å². The van der Waals surface area contributed by atoms with E-state index < -0.39 is 0 Å². The third-order valence-electron chi connectivity index (χ3n) is 4.02. The molecule has 0 saturated carbocycles. The highest BCUT2D eigenvalue weighted by atomic mass is 15.2. The molecule has 0 bridgehead atoms. The first kappa shape index (κ1) is 18.3. The van der Waals surface area contributed by atoms with Crippen molar-refractivity contribution < 1.29 is 0 Å². The second kappa shape index (κ2) is 10.0. The van der Waals surface area contributed by atoms with E-state index in [1.54, 1.807) is 0 Å². The van der Waals surface area contributed by atoms with Gasteiger partial charge in [-0.15, -0.1) is 0 Å². The largest absolute Gasteiger partial charge is 0.356 e. The summed E-state index contributed by atoms with van der Waals surface area (Å²) in [6.07, 6.45) is 3.86. The quantitative estimate of drug-likeness (QED) is 0.560. The minimum atomic E-state index is 0.735. The Bertz CT molecular complexity index is 299. The van der Waals surface area contributed by atoms with Crippen LogP contribution >= 0.6 is 0 Å². The van der Waals surface area contributed by atoms with Crippen molar-refractivity contribution in [3.63, 3.8) is 0 Å². The fourth-order valence-electron chi connectivity index (χ4n) is 2.94. The fourth-order valence-corrected chi connectivity index (χ4v) is 2.94. The van der Waals surface area contributed by atoms with Gasteiger partial charge in [0.25, 0.3) is 0 Å². The van der Waals surface area contributed by atoms with Crippen molar-refractivity contribution in [1.29, 1.82) is 0 Å². The predicted octanol–water partition coefficient (Wildman–Crippen LogP) is 2.57. The molecular formula is C17H36N4. The molecule has 1 aliphatic rings. The van der Waals surface area contributed by atoms with Gasteiger partial charge in [0.2, 0.25) is 0 Å². The fraction of sp³-hybridized carbons (Fsp3) is 0.941. The minimum absolute atomic E-state index is 0.735. The van der Waals surface area contributed by atoms with E-state index >= 15 is 0 Å². The van der Waals surface area contributed by atoms with Crippen LogP contribution in [0.3, 0.4) is 0 Å². The lowest BCUT2D eigenvalue weighted by Crippen LogP contribution is -2.45. The number of aliphatic imine (C=N–C) groups is 1. The third kappa shape index (κ3) is 8.30. The Labute approximate surface area is 131 Å². The van der Waals surface area contributed by atoms with Crippen LogP contribution < -0.4 is 10.6 Å². The van der Waals surface area contributed by atoms with Crippen LogP contribution in [0.2, 0.25) is 0 Å². The number of likely N-dealkylation sites (tertiary alicyclic amines) is 1. The summed E-state index contributed by atoms with van der Waals surface area (Å²) in [5.74, 6) is 3.21. The summed E-state index contributed by atoms with van der Waals surface area (Å²) in [7, 11) is 1.86. The lowest BCUT2D eigenvalue weighted by atomic mass is 9.97. The topological polar surface area (TPSA) is 39.7 Å². The predicted molar refractivity (Wildman–Crippen MR) is 92.8 cm³/mol. The highest BCUT2D eigenvalue weighted by molar-refractivity contribution is 5.79. The van der Waals surface area contributed by atoms with Gasteiger partial charge < -0.3 is 15.5 Å². The van der Waals surface area contributed by atoms with E-state index in [4.69, 9.17) is 0 Å². The van der Waals surface area contributed by atoms with Crippen molar-refractivity contribution in [2.24, 2.45) is 22.7 Å². The molecule has 21 heavy (non-hydrogen) atoms. The Kier molecular flexibility index (Phi) is 8.74. The zero-order valence-corrected chi connectivity index (χ0v) is 14.8. The number of guanidine groups is 1. The molecule has 1 aliphatic heterocycles. The van der Waals surface area contributed by atoms with E-state index in [1.165, 1.54) is 38.9 Å². The molecule has 0 amide bonds. The molecule has 0 aromatic rings. The molecule has 1 rings (SSSR count). The SMILES string of the molecule is CN=C(NCCC(C)C)NCC1CCCN(CC(C)C)C1. The highest BCUT2D eigenvalue weighted by Gasteiger charge is 2.20. The summed E-state index contributed by atoms with van der Waals surface area (Å²) >= 11 is 0. The smallest absolute Gasteiger partial charge is 0.190 e. The molecule has 0 spiro atoms. The van der Waals surface area contributed by atoms with Crippen LogP contribution in [-0.2, 0) is 0 Å². The first-order chi connectivity index (χ1) is 10.0. The molecule has 0 aromatic heterocycles. The lowest BCUT2D eigenvalue weighted by Gasteiger charge is -2.34. The molecule has 0 radical (unpaired) electrons. The van der Waals surface area contributed by atoms with Gasteiger partial charge in [0.1, 0.15) is 0 Å². The van der Waals surface area contributed by atoms with Crippen molar-refractivity contribution in [3.8, 4) is 0 Å². The van der Waals surface area contributed by atoms with Crippen LogP contribution in [0.25, 0.3) is 0 Å². The number of hydrogen-bond acceptors (Lipinski definition) is 2. The van der Waals surface area contributed by atoms with Gasteiger partial charge in [0.15, 0.2) is 5.96 Å². The van der Waals surface area contributed by atoms with Crippen LogP contribution in [0.4, 0.5) is 0 Å². The van der Waals surface area contributed by atoms with Crippen LogP contribution in [0, 0.1) is 17.8 Å². The normalized spacial score (nSPS) is 21.1. The average molecular weight is 297 g/mol. The molecule has 1 saturated heterocycles. The van der Waals surface area contributed by atoms with Crippen LogP contribution in [-0.4, -0.2) is 50.6 Å². The molecular weight excluding hydrogens is 260 g/mol. The van der Waals surface area contributed by atoms with Crippen molar-refractivity contribution >= 4 is 5.96 Å². The monoisotopic (exact) mass is 296 g/mol. The van der Waals surface area contributed by atoms with E-state index in [1.807, 2.05) is 7.05 Å². The molecule has 0 aliphatic carbocycles. The molecule has 124 valence electrons. The average Bonchev–Trinajstić information content (AvgIpc) is 2.42. The van der Waals surface area contributed by atoms with Gasteiger partial charge in [-0.2, -0.15) is 0 Å². The number of nitrogens with zero attached hydrogens (tertiary/aromatic N) is 2. The van der Waals surface area contributed by atoms with E-state index in [9.17, 15) is 0 Å². The van der Waals surface area contributed by atoms with E-state index in [2.05, 4.69) is 48.2 Å². The van der Waals surface area contributed by atoms with Gasteiger partial charge in [-0.25, -0.2) is 0 Å². The molecule has 4 nitrogen and oxygen atoms in total. The zero-order valence-electron chi connectivity index (χ0n) is 14.8. The van der Waals surface area contributed by atoms with Gasteiger partial charge >= 0.3 is 0 Å². The maximum Gasteiger partial charge on any atom is 0.190 e. The maximum atomic E-state index is 4.32. The van der Waals surface area contributed by atoms with Gasteiger partial charge in [0.05, 0.1) is 0 Å². The first-order valence-electron chi connectivity index (χ1n) is 8.68. The summed E-state index contributed by atoms with van der Waals surface area (Å²) in [4.78, 5) is 6.94. The zero-order chi connectivity index (χ0) is 15.7. The Balaban J connectivity index is 2.25. The Hall–Kier alpha value is -0.770. The summed E-state index contributed by atoms with van der Waals surface area (Å²) in [5, 5.41) is 6.91. The van der Waals surface area contributed by atoms with Crippen LogP contribution in [0.1, 0.15) is 47.0 Å². The molecule has 1 unspecified atom stereocenters. The Morgan fingerprint density at radius 1 is 1.19 bits per heavy atom. The number of hydrogen-bond donors (Lipinski definition) is 2. The van der Waals surface area contributed by atoms with Crippen LogP contribution in [0.5, 0.6) is 0 Å². The second-order valence-electron chi connectivity index (χ2n) is 7.22. The first-order valence-corrected chi connectivity index (χ1v) is 8.68. The second-order valence-corrected chi connectivity index (χ2v) is 7.22. The molecule has 1 atom stereocenters. The van der Waals surface area contributed by atoms with Crippen molar-refractivity contribution in [3.05, 3.63) is 0 Å². The molecule has 0 aromatic carbocycles. The van der Waals surface area contributed by atoms with E-state index in [-0.39, 0.29) is 0 Å². The van der Waals surface area contributed by atoms with Gasteiger partial charge in [0, 0.05) is 33.2 Å². The van der Waals surface area contributed by atoms with Gasteiger partial charge in [-0.1, -0.05) is 27.7 Å².